The molecular formula is C10H9NO4. The molecule has 0 fully saturated rings. The average Bonchev–Trinajstić information content (AvgIpc) is 2.44. The molecule has 0 aromatic carbocycles. The Morgan fingerprint density at radius 1 is 1.47 bits per heavy atom. The number of carbonyl (C=O) groups is 1. The minimum Gasteiger partial charge on any atom is -0.477 e. The SMILES string of the molecule is Cc1oc2c(C(=O)O)c[nH]c(=O)c2c1C. The summed E-state index contributed by atoms with van der Waals surface area (Å²) >= 11 is 0. The maximum atomic E-state index is 11.5. The molecule has 0 bridgehead atoms. The number of aromatic carboxylic acids is 1. The van der Waals surface area contributed by atoms with Crippen LogP contribution in [0.2, 0.25) is 0 Å². The second kappa shape index (κ2) is 2.98. The lowest BCUT2D eigenvalue weighted by molar-refractivity contribution is 0.0697. The third-order valence-corrected chi connectivity index (χ3v) is 2.44. The fourth-order valence-electron chi connectivity index (χ4n) is 1.52. The van der Waals surface area contributed by atoms with E-state index in [1.54, 1.807) is 13.8 Å². The van der Waals surface area contributed by atoms with Crippen molar-refractivity contribution >= 4 is 16.9 Å². The van der Waals surface area contributed by atoms with Gasteiger partial charge in [-0.3, -0.25) is 4.79 Å². The fourth-order valence-corrected chi connectivity index (χ4v) is 1.52. The normalized spacial score (nSPS) is 10.8. The molecule has 2 aromatic heterocycles. The van der Waals surface area contributed by atoms with Gasteiger partial charge in [0.15, 0.2) is 5.58 Å². The lowest BCUT2D eigenvalue weighted by atomic mass is 10.1. The largest absolute Gasteiger partial charge is 0.477 e. The molecule has 2 rings (SSSR count). The molecule has 2 heterocycles. The van der Waals surface area contributed by atoms with Gasteiger partial charge in [-0.1, -0.05) is 0 Å². The standard InChI is InChI=1S/C10H9NO4/c1-4-5(2)15-8-6(10(13)14)3-11-9(12)7(4)8/h3H,1-2H3,(H,11,12)(H,13,14). The van der Waals surface area contributed by atoms with Gasteiger partial charge in [-0.2, -0.15) is 0 Å². The van der Waals surface area contributed by atoms with Gasteiger partial charge in [0, 0.05) is 11.8 Å². The van der Waals surface area contributed by atoms with Crippen LogP contribution in [0, 0.1) is 13.8 Å². The van der Waals surface area contributed by atoms with Crippen molar-refractivity contribution < 1.29 is 14.3 Å². The van der Waals surface area contributed by atoms with Crippen LogP contribution in [-0.4, -0.2) is 16.1 Å². The molecule has 2 N–H and O–H groups in total. The number of aryl methyl sites for hydroxylation is 2. The molecule has 0 spiro atoms. The van der Waals surface area contributed by atoms with E-state index in [0.717, 1.165) is 6.20 Å². The molecule has 0 saturated heterocycles. The Kier molecular flexibility index (Phi) is 1.89. The van der Waals surface area contributed by atoms with Crippen LogP contribution in [0.4, 0.5) is 0 Å². The van der Waals surface area contributed by atoms with Gasteiger partial charge in [0.25, 0.3) is 5.56 Å². The molecule has 5 heteroatoms. The van der Waals surface area contributed by atoms with E-state index >= 15 is 0 Å². The zero-order chi connectivity index (χ0) is 11.2. The first-order valence-corrected chi connectivity index (χ1v) is 4.37. The summed E-state index contributed by atoms with van der Waals surface area (Å²) < 4.78 is 5.27. The number of aromatic amines is 1. The van der Waals surface area contributed by atoms with Gasteiger partial charge in [0.1, 0.15) is 11.3 Å². The van der Waals surface area contributed by atoms with E-state index in [9.17, 15) is 9.59 Å². The third kappa shape index (κ3) is 1.24. The molecule has 0 radical (unpaired) electrons. The predicted octanol–water partition coefficient (Wildman–Crippen LogP) is 1.44. The van der Waals surface area contributed by atoms with E-state index in [4.69, 9.17) is 9.52 Å². The Balaban J connectivity index is 3.01. The number of hydrogen-bond acceptors (Lipinski definition) is 3. The molecule has 0 aliphatic carbocycles. The molecule has 2 aromatic rings. The highest BCUT2D eigenvalue weighted by molar-refractivity contribution is 6.01. The van der Waals surface area contributed by atoms with Crippen LogP contribution >= 0.6 is 0 Å². The monoisotopic (exact) mass is 207 g/mol. The number of carboxylic acid groups (broad SMARTS) is 1. The summed E-state index contributed by atoms with van der Waals surface area (Å²) in [5.74, 6) is -0.561. The topological polar surface area (TPSA) is 83.3 Å². The number of hydrogen-bond donors (Lipinski definition) is 2. The second-order valence-corrected chi connectivity index (χ2v) is 3.32. The van der Waals surface area contributed by atoms with Crippen molar-refractivity contribution in [1.82, 2.24) is 4.98 Å². The van der Waals surface area contributed by atoms with Gasteiger partial charge in [0.05, 0.1) is 5.39 Å². The first-order valence-electron chi connectivity index (χ1n) is 4.37. The van der Waals surface area contributed by atoms with E-state index < -0.39 is 5.97 Å². The zero-order valence-electron chi connectivity index (χ0n) is 8.25. The summed E-state index contributed by atoms with van der Waals surface area (Å²) in [4.78, 5) is 24.7. The summed E-state index contributed by atoms with van der Waals surface area (Å²) in [6.07, 6.45) is 1.15. The molecule has 0 saturated carbocycles. The number of rotatable bonds is 1. The lowest BCUT2D eigenvalue weighted by Crippen LogP contribution is -2.09. The maximum absolute atomic E-state index is 11.5. The number of nitrogens with one attached hydrogen (secondary N) is 1. The van der Waals surface area contributed by atoms with Gasteiger partial charge in [0.2, 0.25) is 0 Å². The highest BCUT2D eigenvalue weighted by Gasteiger charge is 2.17. The van der Waals surface area contributed by atoms with Crippen molar-refractivity contribution in [2.24, 2.45) is 0 Å². The summed E-state index contributed by atoms with van der Waals surface area (Å²) in [6, 6.07) is 0. The van der Waals surface area contributed by atoms with E-state index in [1.807, 2.05) is 0 Å². The Morgan fingerprint density at radius 3 is 2.73 bits per heavy atom. The van der Waals surface area contributed by atoms with Crippen LogP contribution in [-0.2, 0) is 0 Å². The quantitative estimate of drug-likeness (QED) is 0.741. The molecule has 78 valence electrons. The van der Waals surface area contributed by atoms with Gasteiger partial charge in [-0.25, -0.2) is 4.79 Å². The number of H-pyrrole nitrogens is 1. The summed E-state index contributed by atoms with van der Waals surface area (Å²) in [7, 11) is 0. The number of carboxylic acids is 1. The molecule has 0 unspecified atom stereocenters. The number of fused-ring (bicyclic) bond motifs is 1. The lowest BCUT2D eigenvalue weighted by Gasteiger charge is -1.94. The van der Waals surface area contributed by atoms with E-state index in [1.165, 1.54) is 0 Å². The van der Waals surface area contributed by atoms with Gasteiger partial charge in [-0.15, -0.1) is 0 Å². The van der Waals surface area contributed by atoms with Crippen LogP contribution in [0.3, 0.4) is 0 Å². The van der Waals surface area contributed by atoms with Crippen molar-refractivity contribution in [2.45, 2.75) is 13.8 Å². The summed E-state index contributed by atoms with van der Waals surface area (Å²) in [6.45, 7) is 3.42. The van der Waals surface area contributed by atoms with Crippen LogP contribution < -0.4 is 5.56 Å². The first kappa shape index (κ1) is 9.51. The van der Waals surface area contributed by atoms with Gasteiger partial charge < -0.3 is 14.5 Å². The molecule has 0 aliphatic rings. The Hall–Kier alpha value is -2.04. The molecule has 0 aliphatic heterocycles. The number of furan rings is 1. The maximum Gasteiger partial charge on any atom is 0.341 e. The van der Waals surface area contributed by atoms with Crippen LogP contribution in [0.1, 0.15) is 21.7 Å². The van der Waals surface area contributed by atoms with Crippen molar-refractivity contribution in [1.29, 1.82) is 0 Å². The number of aromatic nitrogens is 1. The van der Waals surface area contributed by atoms with Crippen molar-refractivity contribution in [3.8, 4) is 0 Å². The molecule has 0 amide bonds. The van der Waals surface area contributed by atoms with E-state index in [0.29, 0.717) is 16.7 Å². The highest BCUT2D eigenvalue weighted by Crippen LogP contribution is 2.23. The van der Waals surface area contributed by atoms with Crippen LogP contribution in [0.15, 0.2) is 15.4 Å². The fraction of sp³-hybridized carbons (Fsp3) is 0.200. The molecule has 5 nitrogen and oxygen atoms in total. The second-order valence-electron chi connectivity index (χ2n) is 3.32. The van der Waals surface area contributed by atoms with Gasteiger partial charge >= 0.3 is 5.97 Å². The van der Waals surface area contributed by atoms with Crippen LogP contribution in [0.5, 0.6) is 0 Å². The first-order chi connectivity index (χ1) is 7.02. The Bertz CT molecular complexity index is 606. The highest BCUT2D eigenvalue weighted by atomic mass is 16.4. The number of pyridine rings is 1. The average molecular weight is 207 g/mol. The molecule has 15 heavy (non-hydrogen) atoms. The van der Waals surface area contributed by atoms with Crippen molar-refractivity contribution in [3.63, 3.8) is 0 Å². The van der Waals surface area contributed by atoms with Gasteiger partial charge in [-0.05, 0) is 13.8 Å². The Labute approximate surface area is 84.3 Å². The Morgan fingerprint density at radius 2 is 2.13 bits per heavy atom. The van der Waals surface area contributed by atoms with Crippen molar-refractivity contribution in [3.05, 3.63) is 33.4 Å². The van der Waals surface area contributed by atoms with Crippen molar-refractivity contribution in [2.75, 3.05) is 0 Å². The minimum absolute atomic E-state index is 0.0270. The smallest absolute Gasteiger partial charge is 0.341 e. The zero-order valence-corrected chi connectivity index (χ0v) is 8.25. The third-order valence-electron chi connectivity index (χ3n) is 2.44. The predicted molar refractivity (Wildman–Crippen MR) is 53.3 cm³/mol. The summed E-state index contributed by atoms with van der Waals surface area (Å²) in [5.41, 5.74) is 0.459. The van der Waals surface area contributed by atoms with E-state index in [2.05, 4.69) is 4.98 Å². The summed E-state index contributed by atoms with van der Waals surface area (Å²) in [5, 5.41) is 9.20. The van der Waals surface area contributed by atoms with E-state index in [-0.39, 0.29) is 16.7 Å². The van der Waals surface area contributed by atoms with Crippen LogP contribution in [0.25, 0.3) is 11.0 Å². The molecular weight excluding hydrogens is 198 g/mol. The minimum atomic E-state index is -1.12. The molecule has 0 atom stereocenters.